The molecule has 32 heavy (non-hydrogen) atoms. The largest absolute Gasteiger partial charge is 0.467 e. The Kier molecular flexibility index (Phi) is 6.37. The number of aromatic nitrogens is 1. The molecule has 0 bridgehead atoms. The van der Waals surface area contributed by atoms with Crippen LogP contribution in [0.25, 0.3) is 10.9 Å². The fraction of sp³-hybridized carbons (Fsp3) is 0.200. The molecule has 0 unspecified atom stereocenters. The zero-order valence-electron chi connectivity index (χ0n) is 17.9. The van der Waals surface area contributed by atoms with Crippen molar-refractivity contribution in [3.8, 4) is 0 Å². The highest BCUT2D eigenvalue weighted by atomic mass is 32.1. The number of furan rings is 1. The highest BCUT2D eigenvalue weighted by Gasteiger charge is 2.15. The fourth-order valence-electron chi connectivity index (χ4n) is 3.75. The van der Waals surface area contributed by atoms with E-state index >= 15 is 0 Å². The van der Waals surface area contributed by atoms with Crippen molar-refractivity contribution in [2.45, 2.75) is 33.5 Å². The number of nitrogens with zero attached hydrogens (tertiary/aromatic N) is 1. The molecule has 4 aromatic rings. The summed E-state index contributed by atoms with van der Waals surface area (Å²) in [6, 6.07) is 16.0. The Bertz CT molecular complexity index is 1300. The Balaban J connectivity index is 1.62. The Morgan fingerprint density at radius 2 is 1.91 bits per heavy atom. The van der Waals surface area contributed by atoms with Gasteiger partial charge in [-0.25, -0.2) is 4.39 Å². The van der Waals surface area contributed by atoms with E-state index in [4.69, 9.17) is 16.6 Å². The van der Waals surface area contributed by atoms with E-state index in [-0.39, 0.29) is 11.4 Å². The molecule has 0 radical (unpaired) electrons. The molecule has 4 rings (SSSR count). The van der Waals surface area contributed by atoms with Gasteiger partial charge in [-0.15, -0.1) is 0 Å². The third-order valence-electron chi connectivity index (χ3n) is 5.30. The Morgan fingerprint density at radius 1 is 1.12 bits per heavy atom. The van der Waals surface area contributed by atoms with Gasteiger partial charge in [0.15, 0.2) is 5.11 Å². The summed E-state index contributed by atoms with van der Waals surface area (Å²) >= 11 is 5.64. The molecule has 0 saturated heterocycles. The summed E-state index contributed by atoms with van der Waals surface area (Å²) in [7, 11) is 0. The van der Waals surface area contributed by atoms with E-state index in [9.17, 15) is 9.18 Å². The topological polar surface area (TPSA) is 61.3 Å². The predicted octanol–water partition coefficient (Wildman–Crippen LogP) is 4.95. The minimum Gasteiger partial charge on any atom is -0.467 e. The SMILES string of the molecule is Cc1cc(C)c2[nH]c(=O)c(CN(Cc3ccc(F)cc3)C(=S)NCc3ccco3)cc2c1. The van der Waals surface area contributed by atoms with Gasteiger partial charge in [-0.2, -0.15) is 0 Å². The number of fused-ring (bicyclic) bond motifs is 1. The van der Waals surface area contributed by atoms with Crippen molar-refractivity contribution < 1.29 is 8.81 Å². The summed E-state index contributed by atoms with van der Waals surface area (Å²) in [5.74, 6) is 0.458. The molecule has 7 heteroatoms. The van der Waals surface area contributed by atoms with Crippen molar-refractivity contribution in [2.75, 3.05) is 0 Å². The van der Waals surface area contributed by atoms with Gasteiger partial charge >= 0.3 is 0 Å². The van der Waals surface area contributed by atoms with E-state index in [0.717, 1.165) is 33.4 Å². The number of hydrogen-bond acceptors (Lipinski definition) is 3. The van der Waals surface area contributed by atoms with Crippen LogP contribution in [0.5, 0.6) is 0 Å². The maximum absolute atomic E-state index is 13.4. The molecule has 2 heterocycles. The van der Waals surface area contributed by atoms with Crippen LogP contribution in [-0.2, 0) is 19.6 Å². The van der Waals surface area contributed by atoms with Crippen molar-refractivity contribution in [3.63, 3.8) is 0 Å². The average molecular weight is 450 g/mol. The lowest BCUT2D eigenvalue weighted by molar-refractivity contribution is 0.393. The normalized spacial score (nSPS) is 11.0. The number of hydrogen-bond donors (Lipinski definition) is 2. The van der Waals surface area contributed by atoms with E-state index in [0.29, 0.717) is 30.3 Å². The molecular weight excluding hydrogens is 425 g/mol. The Labute approximate surface area is 190 Å². The zero-order valence-corrected chi connectivity index (χ0v) is 18.8. The molecular formula is C25H24FN3O2S. The van der Waals surface area contributed by atoms with Crippen molar-refractivity contribution in [2.24, 2.45) is 0 Å². The van der Waals surface area contributed by atoms with E-state index in [1.807, 2.05) is 43.0 Å². The molecule has 164 valence electrons. The van der Waals surface area contributed by atoms with Crippen LogP contribution in [-0.4, -0.2) is 15.0 Å². The standard InChI is InChI=1S/C25H24FN3O2S/c1-16-10-17(2)23-19(11-16)12-20(24(30)28-23)15-29(14-18-5-7-21(26)8-6-18)25(32)27-13-22-4-3-9-31-22/h3-12H,13-15H2,1-2H3,(H,27,32)(H,28,30). The number of halogens is 1. The van der Waals surface area contributed by atoms with E-state index in [1.165, 1.54) is 12.1 Å². The quantitative estimate of drug-likeness (QED) is 0.408. The van der Waals surface area contributed by atoms with Crippen LogP contribution < -0.4 is 10.9 Å². The van der Waals surface area contributed by atoms with Crippen LogP contribution in [0.4, 0.5) is 4.39 Å². The summed E-state index contributed by atoms with van der Waals surface area (Å²) < 4.78 is 18.7. The average Bonchev–Trinajstić information content (AvgIpc) is 3.28. The summed E-state index contributed by atoms with van der Waals surface area (Å²) in [6.07, 6.45) is 1.61. The number of H-pyrrole nitrogens is 1. The summed E-state index contributed by atoms with van der Waals surface area (Å²) in [5.41, 5.74) is 4.34. The monoisotopic (exact) mass is 449 g/mol. The third kappa shape index (κ3) is 5.06. The maximum atomic E-state index is 13.4. The van der Waals surface area contributed by atoms with Gasteiger partial charge in [-0.1, -0.05) is 23.8 Å². The van der Waals surface area contributed by atoms with Gasteiger partial charge < -0.3 is 19.6 Å². The van der Waals surface area contributed by atoms with E-state index in [1.54, 1.807) is 18.4 Å². The predicted molar refractivity (Wildman–Crippen MR) is 128 cm³/mol. The number of aromatic amines is 1. The summed E-state index contributed by atoms with van der Waals surface area (Å²) in [6.45, 7) is 5.18. The molecule has 0 aliphatic carbocycles. The number of nitrogens with one attached hydrogen (secondary N) is 2. The van der Waals surface area contributed by atoms with Crippen molar-refractivity contribution in [1.29, 1.82) is 0 Å². The Morgan fingerprint density at radius 3 is 2.62 bits per heavy atom. The van der Waals surface area contributed by atoms with Crippen LogP contribution in [0.1, 0.15) is 28.0 Å². The van der Waals surface area contributed by atoms with Crippen molar-refractivity contribution in [1.82, 2.24) is 15.2 Å². The molecule has 0 amide bonds. The number of thiocarbonyl (C=S) groups is 1. The first-order valence-corrected chi connectivity index (χ1v) is 10.7. The second-order valence-corrected chi connectivity index (χ2v) is 8.28. The number of pyridine rings is 1. The molecule has 0 spiro atoms. The van der Waals surface area contributed by atoms with Crippen LogP contribution in [0.2, 0.25) is 0 Å². The van der Waals surface area contributed by atoms with E-state index in [2.05, 4.69) is 16.4 Å². The highest BCUT2D eigenvalue weighted by Crippen LogP contribution is 2.19. The lowest BCUT2D eigenvalue weighted by atomic mass is 10.1. The summed E-state index contributed by atoms with van der Waals surface area (Å²) in [4.78, 5) is 17.8. The minimum absolute atomic E-state index is 0.151. The molecule has 0 aliphatic heterocycles. The maximum Gasteiger partial charge on any atom is 0.253 e. The molecule has 0 atom stereocenters. The molecule has 0 fully saturated rings. The summed E-state index contributed by atoms with van der Waals surface area (Å²) in [5, 5.41) is 4.65. The molecule has 2 aromatic carbocycles. The number of rotatable bonds is 6. The van der Waals surface area contributed by atoms with Gasteiger partial charge in [0.2, 0.25) is 0 Å². The first kappa shape index (κ1) is 21.8. The van der Waals surface area contributed by atoms with Crippen molar-refractivity contribution in [3.05, 3.63) is 105 Å². The number of benzene rings is 2. The number of aryl methyl sites for hydroxylation is 2. The van der Waals surface area contributed by atoms with Crippen LogP contribution in [0, 0.1) is 19.7 Å². The Hall–Kier alpha value is -3.45. The molecule has 5 nitrogen and oxygen atoms in total. The van der Waals surface area contributed by atoms with Gasteiger partial charge in [0.25, 0.3) is 5.56 Å². The first-order valence-electron chi connectivity index (χ1n) is 10.3. The van der Waals surface area contributed by atoms with Crippen molar-refractivity contribution >= 4 is 28.2 Å². The van der Waals surface area contributed by atoms with Gasteiger partial charge in [0.05, 0.1) is 24.9 Å². The third-order valence-corrected chi connectivity index (χ3v) is 5.70. The lowest BCUT2D eigenvalue weighted by Gasteiger charge is -2.26. The van der Waals surface area contributed by atoms with Gasteiger partial charge in [0.1, 0.15) is 11.6 Å². The smallest absolute Gasteiger partial charge is 0.253 e. The van der Waals surface area contributed by atoms with E-state index < -0.39 is 0 Å². The molecule has 2 N–H and O–H groups in total. The van der Waals surface area contributed by atoms with Gasteiger partial charge in [0, 0.05) is 12.1 Å². The molecule has 0 saturated carbocycles. The second kappa shape index (κ2) is 9.36. The van der Waals surface area contributed by atoms with Gasteiger partial charge in [-0.3, -0.25) is 4.79 Å². The van der Waals surface area contributed by atoms with Crippen LogP contribution >= 0.6 is 12.2 Å². The van der Waals surface area contributed by atoms with Gasteiger partial charge in [-0.05, 0) is 79.0 Å². The first-order chi connectivity index (χ1) is 15.4. The van der Waals surface area contributed by atoms with Crippen LogP contribution in [0.15, 0.2) is 70.1 Å². The highest BCUT2D eigenvalue weighted by molar-refractivity contribution is 7.80. The fourth-order valence-corrected chi connectivity index (χ4v) is 3.95. The lowest BCUT2D eigenvalue weighted by Crippen LogP contribution is -2.39. The van der Waals surface area contributed by atoms with Crippen LogP contribution in [0.3, 0.4) is 0 Å². The molecule has 2 aromatic heterocycles. The second-order valence-electron chi connectivity index (χ2n) is 7.89. The molecule has 0 aliphatic rings. The zero-order chi connectivity index (χ0) is 22.7. The minimum atomic E-state index is -0.296.